The minimum atomic E-state index is -4.65. The van der Waals surface area contributed by atoms with Gasteiger partial charge < -0.3 is 10.4 Å². The van der Waals surface area contributed by atoms with Gasteiger partial charge in [0.25, 0.3) is 5.69 Å². The van der Waals surface area contributed by atoms with Crippen LogP contribution >= 0.6 is 0 Å². The Bertz CT molecular complexity index is 541. The SMILES string of the molecule is Cc1cc(NC2CC(O)(C(F)(F)F)C2)ncc1[N+](=O)[O-]. The number of nitro groups is 1. The highest BCUT2D eigenvalue weighted by Crippen LogP contribution is 2.46. The summed E-state index contributed by atoms with van der Waals surface area (Å²) in [6.07, 6.45) is -4.53. The van der Waals surface area contributed by atoms with Crippen LogP contribution in [0.1, 0.15) is 18.4 Å². The minimum Gasteiger partial charge on any atom is -0.380 e. The highest BCUT2D eigenvalue weighted by atomic mass is 19.4. The van der Waals surface area contributed by atoms with Gasteiger partial charge in [0.2, 0.25) is 0 Å². The Kier molecular flexibility index (Phi) is 3.32. The maximum atomic E-state index is 12.4. The summed E-state index contributed by atoms with van der Waals surface area (Å²) in [4.78, 5) is 13.8. The van der Waals surface area contributed by atoms with Gasteiger partial charge in [-0.3, -0.25) is 10.1 Å². The molecule has 0 bridgehead atoms. The van der Waals surface area contributed by atoms with Crippen molar-refractivity contribution in [2.24, 2.45) is 0 Å². The second kappa shape index (κ2) is 4.58. The first kappa shape index (κ1) is 14.5. The molecule has 0 atom stereocenters. The first-order chi connectivity index (χ1) is 9.12. The molecule has 0 saturated heterocycles. The van der Waals surface area contributed by atoms with Crippen LogP contribution in [0.4, 0.5) is 24.7 Å². The Balaban J connectivity index is 2.00. The molecular formula is C11H12F3N3O3. The van der Waals surface area contributed by atoms with Gasteiger partial charge in [-0.15, -0.1) is 0 Å². The van der Waals surface area contributed by atoms with Gasteiger partial charge in [0, 0.05) is 24.4 Å². The van der Waals surface area contributed by atoms with E-state index in [-0.39, 0.29) is 11.5 Å². The number of nitrogens with zero attached hydrogens (tertiary/aromatic N) is 2. The maximum Gasteiger partial charge on any atom is 0.417 e. The Morgan fingerprint density at radius 1 is 1.55 bits per heavy atom. The molecule has 0 radical (unpaired) electrons. The lowest BCUT2D eigenvalue weighted by Gasteiger charge is -2.44. The first-order valence-corrected chi connectivity index (χ1v) is 5.79. The number of nitrogens with one attached hydrogen (secondary N) is 1. The lowest BCUT2D eigenvalue weighted by atomic mass is 9.75. The number of pyridine rings is 1. The van der Waals surface area contributed by atoms with E-state index in [9.17, 15) is 28.4 Å². The van der Waals surface area contributed by atoms with Crippen molar-refractivity contribution in [3.8, 4) is 0 Å². The Hall–Kier alpha value is -1.90. The summed E-state index contributed by atoms with van der Waals surface area (Å²) in [6, 6.07) is 0.832. The van der Waals surface area contributed by atoms with Gasteiger partial charge in [0.1, 0.15) is 12.0 Å². The van der Waals surface area contributed by atoms with Gasteiger partial charge >= 0.3 is 6.18 Å². The van der Waals surface area contributed by atoms with E-state index in [1.807, 2.05) is 0 Å². The van der Waals surface area contributed by atoms with Gasteiger partial charge in [0.15, 0.2) is 5.60 Å². The maximum absolute atomic E-state index is 12.4. The van der Waals surface area contributed by atoms with E-state index in [1.54, 1.807) is 0 Å². The quantitative estimate of drug-likeness (QED) is 0.658. The molecule has 0 amide bonds. The van der Waals surface area contributed by atoms with Gasteiger partial charge in [-0.2, -0.15) is 13.2 Å². The summed E-state index contributed by atoms with van der Waals surface area (Å²) >= 11 is 0. The van der Waals surface area contributed by atoms with Gasteiger partial charge in [-0.05, 0) is 13.0 Å². The zero-order valence-corrected chi connectivity index (χ0v) is 10.4. The predicted octanol–water partition coefficient (Wildman–Crippen LogP) is 2.17. The zero-order chi connectivity index (χ0) is 15.1. The average molecular weight is 291 g/mol. The fourth-order valence-electron chi connectivity index (χ4n) is 2.12. The molecule has 0 aliphatic heterocycles. The Labute approximate surface area is 111 Å². The summed E-state index contributed by atoms with van der Waals surface area (Å²) in [5.74, 6) is 0.252. The number of aromatic nitrogens is 1. The van der Waals surface area contributed by atoms with Crippen molar-refractivity contribution >= 4 is 11.5 Å². The highest BCUT2D eigenvalue weighted by Gasteiger charge is 2.61. The number of aryl methyl sites for hydroxylation is 1. The topological polar surface area (TPSA) is 88.3 Å². The van der Waals surface area contributed by atoms with Crippen LogP contribution in [0.5, 0.6) is 0 Å². The van der Waals surface area contributed by atoms with Crippen molar-refractivity contribution in [2.45, 2.75) is 37.6 Å². The number of hydrogen-bond donors (Lipinski definition) is 2. The molecule has 1 aliphatic carbocycles. The fourth-order valence-corrected chi connectivity index (χ4v) is 2.12. The van der Waals surface area contributed by atoms with Crippen LogP contribution in [-0.2, 0) is 0 Å². The molecule has 1 fully saturated rings. The number of aliphatic hydroxyl groups is 1. The molecule has 0 spiro atoms. The normalized spacial score (nSPS) is 25.9. The van der Waals surface area contributed by atoms with Crippen LogP contribution in [-0.4, -0.2) is 32.8 Å². The second-order valence-corrected chi connectivity index (χ2v) is 4.89. The second-order valence-electron chi connectivity index (χ2n) is 4.89. The molecule has 1 aliphatic rings. The minimum absolute atomic E-state index is 0.157. The van der Waals surface area contributed by atoms with E-state index < -0.39 is 35.6 Å². The monoisotopic (exact) mass is 291 g/mol. The molecule has 9 heteroatoms. The van der Waals surface area contributed by atoms with Crippen molar-refractivity contribution in [1.29, 1.82) is 0 Å². The average Bonchev–Trinajstić information content (AvgIpc) is 2.24. The molecule has 1 saturated carbocycles. The summed E-state index contributed by atoms with van der Waals surface area (Å²) in [5.41, 5.74) is -2.45. The number of rotatable bonds is 3. The van der Waals surface area contributed by atoms with Crippen molar-refractivity contribution in [3.05, 3.63) is 27.9 Å². The van der Waals surface area contributed by atoms with Gasteiger partial charge in [-0.1, -0.05) is 0 Å². The van der Waals surface area contributed by atoms with E-state index in [4.69, 9.17) is 0 Å². The van der Waals surface area contributed by atoms with Crippen LogP contribution in [0.3, 0.4) is 0 Å². The molecule has 6 nitrogen and oxygen atoms in total. The highest BCUT2D eigenvalue weighted by molar-refractivity contribution is 5.47. The van der Waals surface area contributed by atoms with Crippen LogP contribution in [0, 0.1) is 17.0 Å². The van der Waals surface area contributed by atoms with E-state index >= 15 is 0 Å². The summed E-state index contributed by atoms with van der Waals surface area (Å²) in [5, 5.41) is 22.6. The van der Waals surface area contributed by atoms with Crippen molar-refractivity contribution in [3.63, 3.8) is 0 Å². The summed E-state index contributed by atoms with van der Waals surface area (Å²) in [7, 11) is 0. The Morgan fingerprint density at radius 3 is 2.60 bits per heavy atom. The molecule has 20 heavy (non-hydrogen) atoms. The van der Waals surface area contributed by atoms with Crippen LogP contribution in [0.25, 0.3) is 0 Å². The third kappa shape index (κ3) is 2.53. The summed E-state index contributed by atoms with van der Waals surface area (Å²) in [6.45, 7) is 1.51. The first-order valence-electron chi connectivity index (χ1n) is 5.79. The smallest absolute Gasteiger partial charge is 0.380 e. The lowest BCUT2D eigenvalue weighted by molar-refractivity contribution is -0.385. The number of alkyl halides is 3. The number of anilines is 1. The van der Waals surface area contributed by atoms with Crippen LogP contribution in [0.2, 0.25) is 0 Å². The standard InChI is InChI=1S/C11H12F3N3O3/c1-6-2-9(15-5-8(6)17(19)20)16-7-3-10(18,4-7)11(12,13)14/h2,5,7,18H,3-4H2,1H3,(H,15,16). The number of halogens is 3. The summed E-state index contributed by atoms with van der Waals surface area (Å²) < 4.78 is 37.3. The third-order valence-corrected chi connectivity index (χ3v) is 3.33. The molecular weight excluding hydrogens is 279 g/mol. The fraction of sp³-hybridized carbons (Fsp3) is 0.545. The third-order valence-electron chi connectivity index (χ3n) is 3.33. The zero-order valence-electron chi connectivity index (χ0n) is 10.4. The molecule has 0 unspecified atom stereocenters. The predicted molar refractivity (Wildman–Crippen MR) is 63.3 cm³/mol. The molecule has 2 rings (SSSR count). The van der Waals surface area contributed by atoms with E-state index in [1.165, 1.54) is 13.0 Å². The molecule has 1 heterocycles. The molecule has 2 N–H and O–H groups in total. The molecule has 110 valence electrons. The largest absolute Gasteiger partial charge is 0.417 e. The van der Waals surface area contributed by atoms with Crippen LogP contribution in [0.15, 0.2) is 12.3 Å². The lowest BCUT2D eigenvalue weighted by Crippen LogP contribution is -2.59. The van der Waals surface area contributed by atoms with Crippen LogP contribution < -0.4 is 5.32 Å². The van der Waals surface area contributed by atoms with Crippen molar-refractivity contribution in [2.75, 3.05) is 5.32 Å². The van der Waals surface area contributed by atoms with Gasteiger partial charge in [0.05, 0.1) is 4.92 Å². The van der Waals surface area contributed by atoms with Crippen molar-refractivity contribution < 1.29 is 23.2 Å². The molecule has 0 aromatic carbocycles. The van der Waals surface area contributed by atoms with E-state index in [0.717, 1.165) is 6.20 Å². The van der Waals surface area contributed by atoms with Gasteiger partial charge in [-0.25, -0.2) is 4.98 Å². The Morgan fingerprint density at radius 2 is 2.15 bits per heavy atom. The molecule has 1 aromatic rings. The van der Waals surface area contributed by atoms with E-state index in [0.29, 0.717) is 5.56 Å². The number of hydrogen-bond acceptors (Lipinski definition) is 5. The molecule has 1 aromatic heterocycles. The van der Waals surface area contributed by atoms with E-state index in [2.05, 4.69) is 10.3 Å². The van der Waals surface area contributed by atoms with Crippen molar-refractivity contribution in [1.82, 2.24) is 4.98 Å².